The van der Waals surface area contributed by atoms with Crippen molar-refractivity contribution in [2.24, 2.45) is 0 Å². The van der Waals surface area contributed by atoms with Crippen LogP contribution in [0.15, 0.2) is 48.5 Å². The van der Waals surface area contributed by atoms with Gasteiger partial charge in [-0.15, -0.1) is 0 Å². The summed E-state index contributed by atoms with van der Waals surface area (Å²) in [6.45, 7) is 0.516. The lowest BCUT2D eigenvalue weighted by Gasteiger charge is -2.22. The fraction of sp³-hybridized carbons (Fsp3) is 0.278. The summed E-state index contributed by atoms with van der Waals surface area (Å²) in [4.78, 5) is 14.4. The molecule has 0 unspecified atom stereocenters. The van der Waals surface area contributed by atoms with Crippen molar-refractivity contribution in [3.8, 4) is 5.75 Å². The van der Waals surface area contributed by atoms with Crippen molar-refractivity contribution < 1.29 is 14.3 Å². The molecule has 0 atom stereocenters. The summed E-state index contributed by atoms with van der Waals surface area (Å²) >= 11 is 0. The molecule has 0 aliphatic heterocycles. The number of halogens is 1. The van der Waals surface area contributed by atoms with Gasteiger partial charge in [-0.1, -0.05) is 24.3 Å². The highest BCUT2D eigenvalue weighted by Crippen LogP contribution is 2.29. The van der Waals surface area contributed by atoms with Crippen LogP contribution in [0.2, 0.25) is 0 Å². The minimum Gasteiger partial charge on any atom is -0.508 e. The predicted molar refractivity (Wildman–Crippen MR) is 81.8 cm³/mol. The molecule has 2 aromatic carbocycles. The third-order valence-corrected chi connectivity index (χ3v) is 3.87. The van der Waals surface area contributed by atoms with Gasteiger partial charge < -0.3 is 10.0 Å². The largest absolute Gasteiger partial charge is 0.508 e. The highest BCUT2D eigenvalue weighted by atomic mass is 19.1. The second kappa shape index (κ2) is 6.18. The van der Waals surface area contributed by atoms with Crippen molar-refractivity contribution in [2.45, 2.75) is 31.8 Å². The van der Waals surface area contributed by atoms with Crippen LogP contribution in [0.4, 0.5) is 4.39 Å². The lowest BCUT2D eigenvalue weighted by Crippen LogP contribution is -2.33. The summed E-state index contributed by atoms with van der Waals surface area (Å²) in [5.41, 5.74) is 1.82. The van der Waals surface area contributed by atoms with Crippen LogP contribution in [0.5, 0.6) is 5.75 Å². The van der Waals surface area contributed by atoms with Crippen molar-refractivity contribution in [1.82, 2.24) is 4.90 Å². The molecule has 0 spiro atoms. The van der Waals surface area contributed by atoms with E-state index in [0.29, 0.717) is 19.0 Å². The molecule has 0 bridgehead atoms. The number of nitrogens with zero attached hydrogens (tertiary/aromatic N) is 1. The Morgan fingerprint density at radius 2 is 1.64 bits per heavy atom. The number of amides is 1. The van der Waals surface area contributed by atoms with E-state index in [-0.39, 0.29) is 17.5 Å². The van der Waals surface area contributed by atoms with Crippen LogP contribution in [0.25, 0.3) is 0 Å². The van der Waals surface area contributed by atoms with Gasteiger partial charge in [-0.05, 0) is 48.2 Å². The number of hydrogen-bond acceptors (Lipinski definition) is 2. The topological polar surface area (TPSA) is 40.5 Å². The van der Waals surface area contributed by atoms with Gasteiger partial charge in [0.1, 0.15) is 11.6 Å². The van der Waals surface area contributed by atoms with E-state index in [2.05, 4.69) is 0 Å². The maximum atomic E-state index is 13.0. The Balaban J connectivity index is 1.69. The van der Waals surface area contributed by atoms with Gasteiger partial charge in [0.25, 0.3) is 0 Å². The fourth-order valence-corrected chi connectivity index (χ4v) is 2.48. The quantitative estimate of drug-likeness (QED) is 0.920. The zero-order valence-electron chi connectivity index (χ0n) is 12.2. The molecular weight excluding hydrogens is 281 g/mol. The van der Waals surface area contributed by atoms with Crippen LogP contribution in [0.1, 0.15) is 24.0 Å². The van der Waals surface area contributed by atoms with Crippen LogP contribution in [0, 0.1) is 5.82 Å². The Morgan fingerprint density at radius 3 is 2.23 bits per heavy atom. The molecule has 114 valence electrons. The van der Waals surface area contributed by atoms with Gasteiger partial charge in [0, 0.05) is 12.6 Å². The second-order valence-corrected chi connectivity index (χ2v) is 5.72. The Bertz CT molecular complexity index is 648. The Morgan fingerprint density at radius 1 is 1.05 bits per heavy atom. The zero-order chi connectivity index (χ0) is 15.5. The molecule has 1 N–H and O–H groups in total. The molecule has 2 aromatic rings. The molecule has 4 heteroatoms. The summed E-state index contributed by atoms with van der Waals surface area (Å²) in [6, 6.07) is 13.3. The molecule has 1 aliphatic rings. The van der Waals surface area contributed by atoms with Crippen LogP contribution in [0.3, 0.4) is 0 Å². The van der Waals surface area contributed by atoms with E-state index < -0.39 is 0 Å². The number of aromatic hydroxyl groups is 1. The third-order valence-electron chi connectivity index (χ3n) is 3.87. The number of benzene rings is 2. The summed E-state index contributed by atoms with van der Waals surface area (Å²) in [5, 5.41) is 9.29. The third kappa shape index (κ3) is 3.64. The summed E-state index contributed by atoms with van der Waals surface area (Å²) in [7, 11) is 0. The molecule has 3 rings (SSSR count). The van der Waals surface area contributed by atoms with Gasteiger partial charge in [0.2, 0.25) is 5.91 Å². The van der Waals surface area contributed by atoms with E-state index in [9.17, 15) is 14.3 Å². The van der Waals surface area contributed by atoms with Gasteiger partial charge in [-0.25, -0.2) is 4.39 Å². The zero-order valence-corrected chi connectivity index (χ0v) is 12.2. The molecule has 0 aromatic heterocycles. The van der Waals surface area contributed by atoms with Gasteiger partial charge in [0.05, 0.1) is 6.42 Å². The predicted octanol–water partition coefficient (Wildman–Crippen LogP) is 3.27. The van der Waals surface area contributed by atoms with Crippen molar-refractivity contribution in [2.75, 3.05) is 0 Å². The maximum Gasteiger partial charge on any atom is 0.227 e. The summed E-state index contributed by atoms with van der Waals surface area (Å²) < 4.78 is 13.0. The van der Waals surface area contributed by atoms with E-state index in [1.165, 1.54) is 12.1 Å². The van der Waals surface area contributed by atoms with Crippen molar-refractivity contribution >= 4 is 5.91 Å². The van der Waals surface area contributed by atoms with E-state index in [0.717, 1.165) is 24.0 Å². The van der Waals surface area contributed by atoms with Crippen LogP contribution in [-0.4, -0.2) is 22.0 Å². The second-order valence-electron chi connectivity index (χ2n) is 5.72. The number of phenolic OH excluding ortho intramolecular Hbond substituents is 1. The number of carbonyl (C=O) groups excluding carboxylic acids is 1. The average molecular weight is 299 g/mol. The van der Waals surface area contributed by atoms with E-state index in [1.54, 1.807) is 36.4 Å². The summed E-state index contributed by atoms with van der Waals surface area (Å²) in [6.07, 6.45) is 2.38. The minimum atomic E-state index is -0.267. The van der Waals surface area contributed by atoms with Gasteiger partial charge in [-0.2, -0.15) is 0 Å². The molecule has 1 amide bonds. The first-order chi connectivity index (χ1) is 10.6. The molecule has 22 heavy (non-hydrogen) atoms. The number of phenols is 1. The van der Waals surface area contributed by atoms with Crippen LogP contribution in [-0.2, 0) is 17.8 Å². The first kappa shape index (κ1) is 14.6. The number of hydrogen-bond donors (Lipinski definition) is 1. The fourth-order valence-electron chi connectivity index (χ4n) is 2.48. The van der Waals surface area contributed by atoms with E-state index in [1.807, 2.05) is 4.90 Å². The summed E-state index contributed by atoms with van der Waals surface area (Å²) in [5.74, 6) is -0.00350. The molecular formula is C18H18FNO2. The first-order valence-corrected chi connectivity index (χ1v) is 7.43. The Labute approximate surface area is 129 Å². The van der Waals surface area contributed by atoms with Crippen LogP contribution >= 0.6 is 0 Å². The maximum absolute atomic E-state index is 13.0. The highest BCUT2D eigenvalue weighted by Gasteiger charge is 2.32. The smallest absolute Gasteiger partial charge is 0.227 e. The minimum absolute atomic E-state index is 0.0671. The van der Waals surface area contributed by atoms with Crippen molar-refractivity contribution in [3.63, 3.8) is 0 Å². The molecule has 0 radical (unpaired) electrons. The Kier molecular flexibility index (Phi) is 4.09. The van der Waals surface area contributed by atoms with E-state index >= 15 is 0 Å². The molecule has 0 saturated heterocycles. The highest BCUT2D eigenvalue weighted by molar-refractivity contribution is 5.79. The number of rotatable bonds is 5. The van der Waals surface area contributed by atoms with Gasteiger partial charge in [0.15, 0.2) is 0 Å². The van der Waals surface area contributed by atoms with Gasteiger partial charge >= 0.3 is 0 Å². The van der Waals surface area contributed by atoms with E-state index in [4.69, 9.17) is 0 Å². The monoisotopic (exact) mass is 299 g/mol. The molecule has 0 heterocycles. The van der Waals surface area contributed by atoms with Crippen molar-refractivity contribution in [1.29, 1.82) is 0 Å². The van der Waals surface area contributed by atoms with Crippen LogP contribution < -0.4 is 0 Å². The Hall–Kier alpha value is -2.36. The molecule has 1 fully saturated rings. The van der Waals surface area contributed by atoms with Crippen molar-refractivity contribution in [3.05, 3.63) is 65.5 Å². The first-order valence-electron chi connectivity index (χ1n) is 7.43. The lowest BCUT2D eigenvalue weighted by atomic mass is 10.1. The number of carbonyl (C=O) groups is 1. The molecule has 3 nitrogen and oxygen atoms in total. The normalized spacial score (nSPS) is 13.9. The van der Waals surface area contributed by atoms with Gasteiger partial charge in [-0.3, -0.25) is 4.79 Å². The molecule has 1 aliphatic carbocycles. The SMILES string of the molecule is O=C(Cc1ccc(O)cc1)N(Cc1ccc(F)cc1)C1CC1. The average Bonchev–Trinajstić information content (AvgIpc) is 3.33. The molecule has 1 saturated carbocycles. The lowest BCUT2D eigenvalue weighted by molar-refractivity contribution is -0.131. The standard InChI is InChI=1S/C18H18FNO2/c19-15-5-1-14(2-6-15)12-20(16-7-8-16)18(22)11-13-3-9-17(21)10-4-13/h1-6,9-10,16,21H,7-8,11-12H2.